The fourth-order valence-electron chi connectivity index (χ4n) is 4.51. The predicted molar refractivity (Wildman–Crippen MR) is 133 cm³/mol. The summed E-state index contributed by atoms with van der Waals surface area (Å²) in [5.41, 5.74) is 2.23. The molecule has 182 valence electrons. The molecule has 3 aromatic heterocycles. The van der Waals surface area contributed by atoms with Crippen LogP contribution in [0.2, 0.25) is 0 Å². The number of fused-ring (bicyclic) bond motifs is 1. The van der Waals surface area contributed by atoms with E-state index in [1.165, 1.54) is 6.07 Å². The van der Waals surface area contributed by atoms with Crippen LogP contribution in [0.5, 0.6) is 0 Å². The number of nitrogens with one attached hydrogen (secondary N) is 1. The van der Waals surface area contributed by atoms with Gasteiger partial charge in [0.05, 0.1) is 23.6 Å². The molecule has 0 radical (unpaired) electrons. The van der Waals surface area contributed by atoms with Gasteiger partial charge in [-0.2, -0.15) is 0 Å². The summed E-state index contributed by atoms with van der Waals surface area (Å²) in [5, 5.41) is 3.03. The second kappa shape index (κ2) is 9.18. The molecule has 1 aliphatic heterocycles. The summed E-state index contributed by atoms with van der Waals surface area (Å²) in [6.45, 7) is 9.74. The number of nitrogens with zero attached hydrogens (tertiary/aromatic N) is 7. The van der Waals surface area contributed by atoms with E-state index in [-0.39, 0.29) is 23.2 Å². The SMILES string of the molecule is Cc1nc2c(F)cc(-c3nc(Nc4ccc(N5CCN(C)CC5)cn4)ncc3F)cc2n1C(C)C. The van der Waals surface area contributed by atoms with Gasteiger partial charge in [0.15, 0.2) is 11.6 Å². The first-order valence-electron chi connectivity index (χ1n) is 11.7. The molecule has 1 aliphatic rings. The minimum absolute atomic E-state index is 0.00603. The van der Waals surface area contributed by atoms with Gasteiger partial charge in [-0.3, -0.25) is 0 Å². The fraction of sp³-hybridized carbons (Fsp3) is 0.360. The first kappa shape index (κ1) is 23.1. The number of aryl methyl sites for hydroxylation is 1. The van der Waals surface area contributed by atoms with Crippen LogP contribution in [0.25, 0.3) is 22.3 Å². The maximum absolute atomic E-state index is 14.9. The molecule has 1 N–H and O–H groups in total. The summed E-state index contributed by atoms with van der Waals surface area (Å²) in [7, 11) is 2.12. The van der Waals surface area contributed by atoms with Gasteiger partial charge in [-0.1, -0.05) is 0 Å². The minimum Gasteiger partial charge on any atom is -0.368 e. The van der Waals surface area contributed by atoms with Crippen LogP contribution in [0, 0.1) is 18.6 Å². The summed E-state index contributed by atoms with van der Waals surface area (Å²) < 4.78 is 31.6. The second-order valence-electron chi connectivity index (χ2n) is 9.16. The van der Waals surface area contributed by atoms with Crippen LogP contribution in [-0.2, 0) is 0 Å². The lowest BCUT2D eigenvalue weighted by molar-refractivity contribution is 0.313. The van der Waals surface area contributed by atoms with Crippen molar-refractivity contribution in [2.24, 2.45) is 0 Å². The standard InChI is InChI=1S/C25H28F2N8/c1-15(2)35-16(3)30-24-19(26)11-17(12-21(24)35)23-20(27)14-29-25(32-23)31-22-6-5-18(13-28-22)34-9-7-33(4)8-10-34/h5-6,11-15H,7-10H2,1-4H3,(H,28,29,31,32). The number of likely N-dealkylation sites (N-methyl/N-ethyl adjacent to an activating group) is 1. The molecule has 4 aromatic rings. The van der Waals surface area contributed by atoms with Gasteiger partial charge in [0.25, 0.3) is 0 Å². The Morgan fingerprint density at radius 1 is 0.943 bits per heavy atom. The minimum atomic E-state index is -0.639. The van der Waals surface area contributed by atoms with E-state index < -0.39 is 11.6 Å². The number of benzene rings is 1. The molecule has 5 rings (SSSR count). The van der Waals surface area contributed by atoms with Gasteiger partial charge in [0.1, 0.15) is 22.9 Å². The van der Waals surface area contributed by atoms with Gasteiger partial charge in [-0.25, -0.2) is 28.7 Å². The number of rotatable bonds is 5. The van der Waals surface area contributed by atoms with Crippen molar-refractivity contribution in [1.29, 1.82) is 0 Å². The molecule has 0 aliphatic carbocycles. The number of hydrogen-bond donors (Lipinski definition) is 1. The van der Waals surface area contributed by atoms with Crippen molar-refractivity contribution in [3.63, 3.8) is 0 Å². The Kier molecular flexibility index (Phi) is 6.06. The Balaban J connectivity index is 1.42. The summed E-state index contributed by atoms with van der Waals surface area (Å²) >= 11 is 0. The first-order valence-corrected chi connectivity index (χ1v) is 11.7. The van der Waals surface area contributed by atoms with Gasteiger partial charge in [-0.05, 0) is 52.1 Å². The molecular formula is C25H28F2N8. The lowest BCUT2D eigenvalue weighted by atomic mass is 10.1. The van der Waals surface area contributed by atoms with Crippen molar-refractivity contribution in [2.75, 3.05) is 43.4 Å². The van der Waals surface area contributed by atoms with Crippen molar-refractivity contribution in [3.8, 4) is 11.3 Å². The number of aromatic nitrogens is 5. The average molecular weight is 479 g/mol. The van der Waals surface area contributed by atoms with Crippen LogP contribution < -0.4 is 10.2 Å². The number of imidazole rings is 1. The number of anilines is 3. The van der Waals surface area contributed by atoms with E-state index in [9.17, 15) is 8.78 Å². The number of hydrogen-bond acceptors (Lipinski definition) is 7. The third-order valence-electron chi connectivity index (χ3n) is 6.32. The molecule has 10 heteroatoms. The molecule has 1 fully saturated rings. The Hall–Kier alpha value is -3.66. The van der Waals surface area contributed by atoms with Crippen molar-refractivity contribution in [1.82, 2.24) is 29.4 Å². The molecule has 0 spiro atoms. The highest BCUT2D eigenvalue weighted by molar-refractivity contribution is 5.83. The third-order valence-corrected chi connectivity index (χ3v) is 6.32. The number of halogens is 2. The largest absolute Gasteiger partial charge is 0.368 e. The number of piperazine rings is 1. The van der Waals surface area contributed by atoms with E-state index in [2.05, 4.69) is 42.1 Å². The van der Waals surface area contributed by atoms with Crippen LogP contribution in [0.3, 0.4) is 0 Å². The average Bonchev–Trinajstić information content (AvgIpc) is 3.18. The highest BCUT2D eigenvalue weighted by atomic mass is 19.1. The van der Waals surface area contributed by atoms with Crippen LogP contribution >= 0.6 is 0 Å². The van der Waals surface area contributed by atoms with E-state index in [1.807, 2.05) is 37.5 Å². The van der Waals surface area contributed by atoms with Crippen LogP contribution in [0.4, 0.5) is 26.2 Å². The Morgan fingerprint density at radius 2 is 1.71 bits per heavy atom. The molecule has 1 saturated heterocycles. The third kappa shape index (κ3) is 4.53. The maximum Gasteiger partial charge on any atom is 0.229 e. The highest BCUT2D eigenvalue weighted by Gasteiger charge is 2.19. The van der Waals surface area contributed by atoms with Gasteiger partial charge in [0, 0.05) is 37.8 Å². The molecule has 35 heavy (non-hydrogen) atoms. The van der Waals surface area contributed by atoms with Gasteiger partial charge < -0.3 is 19.7 Å². The van der Waals surface area contributed by atoms with Crippen molar-refractivity contribution >= 4 is 28.5 Å². The monoisotopic (exact) mass is 478 g/mol. The van der Waals surface area contributed by atoms with Crippen molar-refractivity contribution < 1.29 is 8.78 Å². The lowest BCUT2D eigenvalue weighted by Crippen LogP contribution is -2.44. The van der Waals surface area contributed by atoms with Crippen molar-refractivity contribution in [3.05, 3.63) is 54.1 Å². The van der Waals surface area contributed by atoms with Gasteiger partial charge >= 0.3 is 0 Å². The zero-order valence-corrected chi connectivity index (χ0v) is 20.3. The zero-order valence-electron chi connectivity index (χ0n) is 20.3. The molecule has 0 saturated carbocycles. The van der Waals surface area contributed by atoms with Crippen LogP contribution in [0.1, 0.15) is 25.7 Å². The Morgan fingerprint density at radius 3 is 2.40 bits per heavy atom. The van der Waals surface area contributed by atoms with E-state index >= 15 is 0 Å². The Bertz CT molecular complexity index is 1360. The summed E-state index contributed by atoms with van der Waals surface area (Å²) in [5.74, 6) is 0.252. The summed E-state index contributed by atoms with van der Waals surface area (Å²) in [6.07, 6.45) is 2.88. The molecule has 8 nitrogen and oxygen atoms in total. The molecule has 0 unspecified atom stereocenters. The fourth-order valence-corrected chi connectivity index (χ4v) is 4.51. The molecule has 4 heterocycles. The van der Waals surface area contributed by atoms with Crippen LogP contribution in [0.15, 0.2) is 36.7 Å². The molecule has 0 atom stereocenters. The van der Waals surface area contributed by atoms with Crippen LogP contribution in [-0.4, -0.2) is 62.6 Å². The van der Waals surface area contributed by atoms with Gasteiger partial charge in [-0.15, -0.1) is 0 Å². The second-order valence-corrected chi connectivity index (χ2v) is 9.16. The predicted octanol–water partition coefficient (Wildman–Crippen LogP) is 4.55. The normalized spacial score (nSPS) is 14.8. The molecular weight excluding hydrogens is 450 g/mol. The van der Waals surface area contributed by atoms with E-state index in [4.69, 9.17) is 0 Å². The van der Waals surface area contributed by atoms with E-state index in [0.29, 0.717) is 22.7 Å². The van der Waals surface area contributed by atoms with Gasteiger partial charge in [0.2, 0.25) is 5.95 Å². The van der Waals surface area contributed by atoms with Crippen molar-refractivity contribution in [2.45, 2.75) is 26.8 Å². The smallest absolute Gasteiger partial charge is 0.229 e. The first-order chi connectivity index (χ1) is 16.8. The summed E-state index contributed by atoms with van der Waals surface area (Å²) in [4.78, 5) is 21.8. The summed E-state index contributed by atoms with van der Waals surface area (Å²) in [6, 6.07) is 6.88. The Labute approximate surface area is 202 Å². The van der Waals surface area contributed by atoms with E-state index in [0.717, 1.165) is 38.1 Å². The topological polar surface area (TPSA) is 75.0 Å². The molecule has 0 bridgehead atoms. The zero-order chi connectivity index (χ0) is 24.7. The lowest BCUT2D eigenvalue weighted by Gasteiger charge is -2.33. The van der Waals surface area contributed by atoms with E-state index in [1.54, 1.807) is 12.3 Å². The maximum atomic E-state index is 14.9. The quantitative estimate of drug-likeness (QED) is 0.451. The molecule has 0 amide bonds. The number of pyridine rings is 1. The highest BCUT2D eigenvalue weighted by Crippen LogP contribution is 2.30. The molecule has 1 aromatic carbocycles.